The van der Waals surface area contributed by atoms with Gasteiger partial charge in [-0.05, 0) is 30.3 Å². The number of amides is 1. The van der Waals surface area contributed by atoms with Crippen LogP contribution >= 0.6 is 23.2 Å². The highest BCUT2D eigenvalue weighted by Gasteiger charge is 2.28. The Morgan fingerprint density at radius 2 is 1.96 bits per heavy atom. The Bertz CT molecular complexity index is 876. The number of carbonyl (C=O) groups is 2. The molecule has 0 saturated carbocycles. The number of ether oxygens (including phenoxy) is 2. The third-order valence-corrected chi connectivity index (χ3v) is 4.11. The molecule has 1 aliphatic rings. The summed E-state index contributed by atoms with van der Waals surface area (Å²) in [6.45, 7) is -0.249. The zero-order chi connectivity index (χ0) is 18.0. The third kappa shape index (κ3) is 3.61. The molecule has 25 heavy (non-hydrogen) atoms. The molecule has 1 amide bonds. The number of ketones is 1. The number of hydrazine groups is 1. The number of nitrogens with one attached hydrogen (secondary N) is 1. The number of rotatable bonds is 4. The maximum Gasteiger partial charge on any atom is 0.271 e. The van der Waals surface area contributed by atoms with Gasteiger partial charge >= 0.3 is 0 Å². The molecule has 0 unspecified atom stereocenters. The van der Waals surface area contributed by atoms with E-state index in [1.807, 2.05) is 5.43 Å². The second-order valence-corrected chi connectivity index (χ2v) is 5.90. The Hall–Kier alpha value is -2.54. The van der Waals surface area contributed by atoms with E-state index in [0.717, 1.165) is 0 Å². The zero-order valence-electron chi connectivity index (χ0n) is 12.7. The highest BCUT2D eigenvalue weighted by molar-refractivity contribution is 6.37. The maximum absolute atomic E-state index is 12.4. The first-order chi connectivity index (χ1) is 12.0. The van der Waals surface area contributed by atoms with E-state index >= 15 is 0 Å². The number of hydrogen-bond donors (Lipinski definition) is 2. The number of hydrogen-bond acceptors (Lipinski definition) is 5. The molecule has 3 N–H and O–H groups in total. The molecule has 128 valence electrons. The van der Waals surface area contributed by atoms with E-state index in [2.05, 4.69) is 0 Å². The Balaban J connectivity index is 1.86. The van der Waals surface area contributed by atoms with Crippen molar-refractivity contribution < 1.29 is 19.1 Å². The minimum absolute atomic E-state index is 0.0989. The Morgan fingerprint density at radius 1 is 1.24 bits per heavy atom. The summed E-state index contributed by atoms with van der Waals surface area (Å²) >= 11 is 12.2. The number of nitrogens with two attached hydrogens (primary N) is 1. The van der Waals surface area contributed by atoms with Crippen LogP contribution in [0.15, 0.2) is 42.2 Å². The molecular formula is C17H12Cl2N2O4. The van der Waals surface area contributed by atoms with Crippen LogP contribution < -0.4 is 20.7 Å². The van der Waals surface area contributed by atoms with Crippen LogP contribution in [0.3, 0.4) is 0 Å². The van der Waals surface area contributed by atoms with E-state index in [0.29, 0.717) is 32.7 Å². The van der Waals surface area contributed by atoms with Crippen LogP contribution in [-0.2, 0) is 4.79 Å². The molecule has 2 aromatic rings. The normalized spacial score (nSPS) is 14.2. The van der Waals surface area contributed by atoms with Gasteiger partial charge in [-0.25, -0.2) is 5.84 Å². The lowest BCUT2D eigenvalue weighted by Crippen LogP contribution is -2.34. The smallest absolute Gasteiger partial charge is 0.271 e. The van der Waals surface area contributed by atoms with Crippen LogP contribution in [0.1, 0.15) is 15.9 Å². The molecule has 6 nitrogen and oxygen atoms in total. The quantitative estimate of drug-likeness (QED) is 0.369. The Kier molecular flexibility index (Phi) is 4.94. The summed E-state index contributed by atoms with van der Waals surface area (Å²) in [6.07, 6.45) is 1.50. The molecule has 8 heteroatoms. The first-order valence-corrected chi connectivity index (χ1v) is 7.89. The number of carbonyl (C=O) groups excluding carboxylic acids is 2. The van der Waals surface area contributed by atoms with Crippen molar-refractivity contribution in [3.8, 4) is 11.5 Å². The van der Waals surface area contributed by atoms with Crippen molar-refractivity contribution in [3.63, 3.8) is 0 Å². The molecule has 0 atom stereocenters. The van der Waals surface area contributed by atoms with Gasteiger partial charge in [0.15, 0.2) is 12.4 Å². The first-order valence-electron chi connectivity index (χ1n) is 7.14. The van der Waals surface area contributed by atoms with E-state index in [1.165, 1.54) is 12.1 Å². The fraction of sp³-hybridized carbons (Fsp3) is 0.0588. The third-order valence-electron chi connectivity index (χ3n) is 3.45. The Morgan fingerprint density at radius 3 is 2.64 bits per heavy atom. The Labute approximate surface area is 153 Å². The zero-order valence-corrected chi connectivity index (χ0v) is 14.2. The summed E-state index contributed by atoms with van der Waals surface area (Å²) < 4.78 is 10.9. The van der Waals surface area contributed by atoms with E-state index < -0.39 is 5.91 Å². The van der Waals surface area contributed by atoms with Gasteiger partial charge in [0.2, 0.25) is 5.78 Å². The summed E-state index contributed by atoms with van der Waals surface area (Å²) in [4.78, 5) is 23.6. The molecule has 0 spiro atoms. The predicted molar refractivity (Wildman–Crippen MR) is 93.7 cm³/mol. The summed E-state index contributed by atoms with van der Waals surface area (Å²) in [5, 5.41) is 0.813. The van der Waals surface area contributed by atoms with Gasteiger partial charge in [-0.15, -0.1) is 0 Å². The lowest BCUT2D eigenvalue weighted by molar-refractivity contribution is -0.123. The fourth-order valence-corrected chi connectivity index (χ4v) is 2.73. The highest BCUT2D eigenvalue weighted by Crippen LogP contribution is 2.36. The van der Waals surface area contributed by atoms with Crippen molar-refractivity contribution in [1.29, 1.82) is 0 Å². The van der Waals surface area contributed by atoms with Crippen molar-refractivity contribution in [2.75, 3.05) is 6.61 Å². The molecule has 1 heterocycles. The van der Waals surface area contributed by atoms with E-state index in [9.17, 15) is 9.59 Å². The van der Waals surface area contributed by atoms with Gasteiger partial charge in [-0.3, -0.25) is 15.0 Å². The average molecular weight is 379 g/mol. The van der Waals surface area contributed by atoms with Crippen molar-refractivity contribution in [2.24, 2.45) is 5.84 Å². The van der Waals surface area contributed by atoms with Crippen LogP contribution in [0.25, 0.3) is 6.08 Å². The molecule has 3 rings (SSSR count). The lowest BCUT2D eigenvalue weighted by atomic mass is 10.1. The van der Waals surface area contributed by atoms with Gasteiger partial charge in [-0.2, -0.15) is 0 Å². The first kappa shape index (κ1) is 17.3. The average Bonchev–Trinajstić information content (AvgIpc) is 2.91. The molecule has 2 aromatic carbocycles. The SMILES string of the molecule is NNC(=O)COc1ccc2c(c1)OC(=Cc1c(Cl)cccc1Cl)C2=O. The fourth-order valence-electron chi connectivity index (χ4n) is 2.23. The number of Topliss-reactive ketones (excluding diaryl/α,β-unsaturated/α-hetero) is 1. The topological polar surface area (TPSA) is 90.7 Å². The number of halogens is 2. The van der Waals surface area contributed by atoms with Gasteiger partial charge in [0.1, 0.15) is 11.5 Å². The molecule has 0 aromatic heterocycles. The number of allylic oxidation sites excluding steroid dienone is 1. The number of fused-ring (bicyclic) bond motifs is 1. The summed E-state index contributed by atoms with van der Waals surface area (Å²) in [5.41, 5.74) is 2.83. The minimum atomic E-state index is -0.480. The summed E-state index contributed by atoms with van der Waals surface area (Å²) in [7, 11) is 0. The largest absolute Gasteiger partial charge is 0.484 e. The van der Waals surface area contributed by atoms with Crippen molar-refractivity contribution >= 4 is 41.0 Å². The van der Waals surface area contributed by atoms with E-state index in [1.54, 1.807) is 30.3 Å². The molecule has 0 fully saturated rings. The lowest BCUT2D eigenvalue weighted by Gasteiger charge is -2.06. The van der Waals surface area contributed by atoms with Crippen LogP contribution in [0.5, 0.6) is 11.5 Å². The summed E-state index contributed by atoms with van der Waals surface area (Å²) in [5.74, 6) is 5.00. The minimum Gasteiger partial charge on any atom is -0.484 e. The van der Waals surface area contributed by atoms with E-state index in [-0.39, 0.29) is 18.1 Å². The second kappa shape index (κ2) is 7.14. The van der Waals surface area contributed by atoms with Crippen LogP contribution in [0.4, 0.5) is 0 Å². The molecule has 0 radical (unpaired) electrons. The molecule has 0 saturated heterocycles. The standard InChI is InChI=1S/C17H12Cl2N2O4/c18-12-2-1-3-13(19)11(12)7-15-17(23)10-5-4-9(6-14(10)25-15)24-8-16(22)21-20/h1-7H,8,20H2,(H,21,22). The van der Waals surface area contributed by atoms with Crippen molar-refractivity contribution in [2.45, 2.75) is 0 Å². The van der Waals surface area contributed by atoms with Crippen LogP contribution in [0, 0.1) is 0 Å². The van der Waals surface area contributed by atoms with Crippen molar-refractivity contribution in [1.82, 2.24) is 5.43 Å². The van der Waals surface area contributed by atoms with E-state index in [4.69, 9.17) is 38.5 Å². The van der Waals surface area contributed by atoms with Gasteiger partial charge in [-0.1, -0.05) is 29.3 Å². The molecule has 0 aliphatic carbocycles. The van der Waals surface area contributed by atoms with Crippen molar-refractivity contribution in [3.05, 3.63) is 63.3 Å². The van der Waals surface area contributed by atoms with Gasteiger partial charge in [0.25, 0.3) is 5.91 Å². The highest BCUT2D eigenvalue weighted by atomic mass is 35.5. The van der Waals surface area contributed by atoms with Crippen LogP contribution in [-0.4, -0.2) is 18.3 Å². The maximum atomic E-state index is 12.4. The summed E-state index contributed by atoms with van der Waals surface area (Å²) in [6, 6.07) is 9.69. The van der Waals surface area contributed by atoms with Crippen LogP contribution in [0.2, 0.25) is 10.0 Å². The van der Waals surface area contributed by atoms with Gasteiger partial charge in [0, 0.05) is 21.7 Å². The van der Waals surface area contributed by atoms with Gasteiger partial charge < -0.3 is 9.47 Å². The molecular weight excluding hydrogens is 367 g/mol. The number of benzene rings is 2. The second-order valence-electron chi connectivity index (χ2n) is 5.09. The monoisotopic (exact) mass is 378 g/mol. The molecule has 1 aliphatic heterocycles. The predicted octanol–water partition coefficient (Wildman–Crippen LogP) is 2.98. The molecule has 0 bridgehead atoms. The van der Waals surface area contributed by atoms with Gasteiger partial charge in [0.05, 0.1) is 5.56 Å².